The van der Waals surface area contributed by atoms with Crippen LogP contribution in [0, 0.1) is 24.7 Å². The second-order valence-corrected chi connectivity index (χ2v) is 31.0. The Morgan fingerprint density at radius 3 is 0.921 bits per heavy atom. The smallest absolute Gasteiger partial charge is 0.366 e. The summed E-state index contributed by atoms with van der Waals surface area (Å²) in [6.07, 6.45) is 14.5. The first-order valence-electron chi connectivity index (χ1n) is 21.0. The molecule has 0 spiro atoms. The average molecular weight is 1070 g/mol. The van der Waals surface area contributed by atoms with Gasteiger partial charge in [0.2, 0.25) is 0 Å². The molecule has 2 aliphatic rings. The zero-order valence-electron chi connectivity index (χ0n) is 35.9. The number of fused-ring (bicyclic) bond motifs is 6. The molecule has 6 heteroatoms. The minimum atomic E-state index is -1.55. The molecule has 0 N–H and O–H groups in total. The molecule has 316 valence electrons. The van der Waals surface area contributed by atoms with Crippen LogP contribution in [-0.4, -0.2) is 22.1 Å². The van der Waals surface area contributed by atoms with Gasteiger partial charge in [-0.1, -0.05) is 170 Å². The Morgan fingerprint density at radius 1 is 0.349 bits per heavy atom. The standard InChI is InChI=1S/C25H22P2.2C16H13Si.2Ag/c1-5-13-22(14-6-1)26(23-15-7-2-8-16-23)21-27(24-17-9-3-10-18-24)25-19-11-4-12-20-25;2*1-4-12-9-10-14-13-7-5-6-8-15(13)17(2,3)16(14)11-12;;/h1-20H,21H2;2*5-11H,2-3H3;;/q;2*-1;2*+1/p+2. The van der Waals surface area contributed by atoms with E-state index in [-0.39, 0.29) is 44.8 Å². The van der Waals surface area contributed by atoms with Crippen molar-refractivity contribution in [1.29, 1.82) is 0 Å². The number of hydrogen-bond donors (Lipinski definition) is 0. The van der Waals surface area contributed by atoms with Crippen LogP contribution >= 0.6 is 15.8 Å². The molecule has 0 nitrogen and oxygen atoms in total. The molecule has 8 aromatic carbocycles. The minimum Gasteiger partial charge on any atom is -0.366 e. The van der Waals surface area contributed by atoms with Gasteiger partial charge in [-0.2, -0.15) is 0 Å². The van der Waals surface area contributed by atoms with Gasteiger partial charge in [-0.25, -0.2) is 0 Å². The summed E-state index contributed by atoms with van der Waals surface area (Å²) in [6.45, 7) is 9.52. The molecule has 0 radical (unpaired) electrons. The van der Waals surface area contributed by atoms with E-state index in [9.17, 15) is 0 Å². The molecule has 8 aromatic rings. The molecule has 2 heterocycles. The van der Waals surface area contributed by atoms with E-state index in [4.69, 9.17) is 12.8 Å². The predicted octanol–water partition coefficient (Wildman–Crippen LogP) is 9.52. The van der Waals surface area contributed by atoms with Crippen LogP contribution in [0.3, 0.4) is 0 Å². The van der Waals surface area contributed by atoms with Gasteiger partial charge in [0.15, 0.2) is 5.90 Å². The first-order valence-corrected chi connectivity index (χ1v) is 30.4. The zero-order chi connectivity index (χ0) is 42.4. The summed E-state index contributed by atoms with van der Waals surface area (Å²) < 4.78 is 0. The number of benzene rings is 8. The van der Waals surface area contributed by atoms with Crippen LogP contribution in [0.25, 0.3) is 22.3 Å². The fraction of sp³-hybridized carbons (Fsp3) is 0.0877. The summed E-state index contributed by atoms with van der Waals surface area (Å²) >= 11 is 0. The average Bonchev–Trinajstić information content (AvgIpc) is 3.69. The van der Waals surface area contributed by atoms with E-state index in [0.717, 1.165) is 11.1 Å². The third-order valence-electron chi connectivity index (χ3n) is 12.3. The molecule has 0 unspecified atom stereocenters. The van der Waals surface area contributed by atoms with Crippen molar-refractivity contribution in [1.82, 2.24) is 0 Å². The molecule has 2 aliphatic heterocycles. The summed E-state index contributed by atoms with van der Waals surface area (Å²) in [5.74, 6) is 6.23. The van der Waals surface area contributed by atoms with Gasteiger partial charge in [-0.3, -0.25) is 11.8 Å². The molecular weight excluding hydrogens is 1020 g/mol. The second kappa shape index (κ2) is 21.6. The summed E-state index contributed by atoms with van der Waals surface area (Å²) in [5.41, 5.74) is 7.26. The van der Waals surface area contributed by atoms with Gasteiger partial charge in [0, 0.05) is 0 Å². The van der Waals surface area contributed by atoms with Crippen LogP contribution < -0.4 is 42.0 Å². The normalized spacial score (nSPS) is 12.8. The summed E-state index contributed by atoms with van der Waals surface area (Å²) in [4.78, 5) is 0. The molecule has 0 aliphatic carbocycles. The Bertz CT molecular complexity index is 2590. The maximum atomic E-state index is 7.26. The fourth-order valence-electron chi connectivity index (χ4n) is 9.04. The Kier molecular flexibility index (Phi) is 16.5. The van der Waals surface area contributed by atoms with E-state index in [1.54, 1.807) is 0 Å². The summed E-state index contributed by atoms with van der Waals surface area (Å²) in [7, 11) is -4.80. The van der Waals surface area contributed by atoms with Crippen LogP contribution in [-0.2, 0) is 44.8 Å². The van der Waals surface area contributed by atoms with E-state index in [1.165, 1.54) is 70.1 Å². The van der Waals surface area contributed by atoms with Gasteiger partial charge in [-0.05, 0) is 81.2 Å². The monoisotopic (exact) mass is 1070 g/mol. The van der Waals surface area contributed by atoms with Gasteiger partial charge in [-0.15, -0.1) is 35.4 Å². The Labute approximate surface area is 411 Å². The Morgan fingerprint density at radius 2 is 0.619 bits per heavy atom. The van der Waals surface area contributed by atoms with E-state index >= 15 is 0 Å². The van der Waals surface area contributed by atoms with E-state index in [0.29, 0.717) is 0 Å². The quantitative estimate of drug-likeness (QED) is 0.0675. The second-order valence-electron chi connectivity index (χ2n) is 16.7. The minimum absolute atomic E-state index is 0. The van der Waals surface area contributed by atoms with Crippen LogP contribution in [0.1, 0.15) is 11.1 Å². The largest absolute Gasteiger partial charge is 1.00 e. The van der Waals surface area contributed by atoms with Crippen molar-refractivity contribution in [3.8, 4) is 34.1 Å². The maximum Gasteiger partial charge on any atom is 1.00 e. The van der Waals surface area contributed by atoms with E-state index < -0.39 is 32.0 Å². The zero-order valence-corrected chi connectivity index (χ0v) is 42.9. The topological polar surface area (TPSA) is 0 Å². The number of rotatable bonds is 6. The summed E-state index contributed by atoms with van der Waals surface area (Å²) in [6, 6.07) is 74.4. The third kappa shape index (κ3) is 10.3. The first-order chi connectivity index (χ1) is 29.7. The van der Waals surface area contributed by atoms with Crippen LogP contribution in [0.15, 0.2) is 206 Å². The van der Waals surface area contributed by atoms with Crippen molar-refractivity contribution < 1.29 is 44.8 Å². The van der Waals surface area contributed by atoms with Gasteiger partial charge < -0.3 is 12.8 Å². The molecule has 0 fully saturated rings. The SMILES string of the molecule is [Ag+].[Ag+].[C-]#Cc1ccc2c(c1)[Si](C)(C)c1ccccc1-2.[C-]#Cc1ccc2c(c1)[Si](C)(C)c1ccccc1-2.c1ccc([PH+](C[PH+](c2ccccc2)c2ccccc2)c2ccccc2)cc1. The molecule has 10 rings (SSSR count). The molecule has 0 aromatic heterocycles. The maximum absolute atomic E-state index is 7.26. The molecule has 0 saturated carbocycles. The molecule has 0 bridgehead atoms. The number of hydrogen-bond acceptors (Lipinski definition) is 0. The Balaban J connectivity index is 0.000000161. The van der Waals surface area contributed by atoms with E-state index in [2.05, 4.69) is 232 Å². The molecule has 0 amide bonds. The van der Waals surface area contributed by atoms with Gasteiger partial charge in [0.25, 0.3) is 0 Å². The van der Waals surface area contributed by atoms with E-state index in [1.807, 2.05) is 12.1 Å². The van der Waals surface area contributed by atoms with Crippen molar-refractivity contribution in [2.75, 3.05) is 5.90 Å². The first kappa shape index (κ1) is 48.1. The summed E-state index contributed by atoms with van der Waals surface area (Å²) in [5, 5.41) is 11.9. The Hall–Kier alpha value is -4.35. The molecule has 0 saturated heterocycles. The predicted molar refractivity (Wildman–Crippen MR) is 276 cm³/mol. The van der Waals surface area contributed by atoms with Gasteiger partial charge in [0.05, 0.1) is 0 Å². The van der Waals surface area contributed by atoms with Crippen LogP contribution in [0.4, 0.5) is 0 Å². The fourth-order valence-corrected chi connectivity index (χ4v) is 23.0. The molecule has 0 atom stereocenters. The van der Waals surface area contributed by atoms with Crippen LogP contribution in [0.5, 0.6) is 0 Å². The van der Waals surface area contributed by atoms with Gasteiger partial charge in [0.1, 0.15) is 53.2 Å². The molecular formula is C57H50Ag2P2Si2+2. The van der Waals surface area contributed by atoms with Crippen molar-refractivity contribution in [2.45, 2.75) is 26.2 Å². The van der Waals surface area contributed by atoms with Crippen LogP contribution in [0.2, 0.25) is 26.2 Å². The van der Waals surface area contributed by atoms with Gasteiger partial charge >= 0.3 is 44.8 Å². The van der Waals surface area contributed by atoms with Crippen molar-refractivity contribution in [2.24, 2.45) is 0 Å². The third-order valence-corrected chi connectivity index (χ3v) is 26.3. The molecule has 63 heavy (non-hydrogen) atoms. The van der Waals surface area contributed by atoms with Crippen molar-refractivity contribution in [3.63, 3.8) is 0 Å². The van der Waals surface area contributed by atoms with Crippen molar-refractivity contribution in [3.05, 3.63) is 230 Å². The van der Waals surface area contributed by atoms with Crippen molar-refractivity contribution >= 4 is 74.0 Å².